The van der Waals surface area contributed by atoms with E-state index >= 15 is 0 Å². The first kappa shape index (κ1) is 17.8. The normalized spacial score (nSPS) is 15.6. The zero-order chi connectivity index (χ0) is 17.8. The number of methoxy groups -OCH3 is 1. The van der Waals surface area contributed by atoms with Crippen molar-refractivity contribution in [1.82, 2.24) is 4.98 Å². The summed E-state index contributed by atoms with van der Waals surface area (Å²) in [7, 11) is 1.66. The lowest BCUT2D eigenvalue weighted by Gasteiger charge is -2.14. The van der Waals surface area contributed by atoms with Crippen molar-refractivity contribution in [3.63, 3.8) is 0 Å². The van der Waals surface area contributed by atoms with Gasteiger partial charge in [-0.25, -0.2) is 4.98 Å². The maximum absolute atomic E-state index is 9.74. The molecule has 1 aromatic carbocycles. The van der Waals surface area contributed by atoms with Crippen LogP contribution in [0.15, 0.2) is 36.4 Å². The van der Waals surface area contributed by atoms with Gasteiger partial charge in [-0.05, 0) is 48.9 Å². The predicted octanol–water partition coefficient (Wildman–Crippen LogP) is 5.63. The number of aromatic hydroxyl groups is 1. The van der Waals surface area contributed by atoms with Gasteiger partial charge in [-0.1, -0.05) is 49.6 Å². The highest BCUT2D eigenvalue weighted by Gasteiger charge is 2.17. The number of aryl methyl sites for hydroxylation is 1. The third-order valence-corrected chi connectivity index (χ3v) is 5.15. The highest BCUT2D eigenvalue weighted by molar-refractivity contribution is 6.32. The molecule has 25 heavy (non-hydrogen) atoms. The van der Waals surface area contributed by atoms with Gasteiger partial charge in [0.2, 0.25) is 5.88 Å². The quantitative estimate of drug-likeness (QED) is 0.753. The number of pyridine rings is 1. The van der Waals surface area contributed by atoms with E-state index in [2.05, 4.69) is 19.1 Å². The van der Waals surface area contributed by atoms with Gasteiger partial charge in [0.25, 0.3) is 0 Å². The highest BCUT2D eigenvalue weighted by atomic mass is 35.5. The van der Waals surface area contributed by atoms with Gasteiger partial charge in [0, 0.05) is 11.1 Å². The molecule has 0 spiro atoms. The van der Waals surface area contributed by atoms with Crippen molar-refractivity contribution in [3.8, 4) is 11.6 Å². The molecule has 1 aliphatic rings. The minimum atomic E-state index is 0.0949. The second-order valence-electron chi connectivity index (χ2n) is 6.51. The maximum Gasteiger partial charge on any atom is 0.216 e. The first-order valence-corrected chi connectivity index (χ1v) is 9.25. The van der Waals surface area contributed by atoms with Crippen molar-refractivity contribution >= 4 is 17.2 Å². The van der Waals surface area contributed by atoms with Gasteiger partial charge in [0.1, 0.15) is 5.75 Å². The number of hydrogen-bond acceptors (Lipinski definition) is 3. The molecule has 0 aliphatic heterocycles. The van der Waals surface area contributed by atoms with E-state index in [0.29, 0.717) is 16.8 Å². The van der Waals surface area contributed by atoms with Crippen LogP contribution in [0.5, 0.6) is 11.6 Å². The average Bonchev–Trinajstić information content (AvgIpc) is 3.15. The van der Waals surface area contributed by atoms with Gasteiger partial charge in [-0.15, -0.1) is 0 Å². The molecule has 1 heterocycles. The van der Waals surface area contributed by atoms with E-state index in [1.807, 2.05) is 12.1 Å². The van der Waals surface area contributed by atoms with E-state index < -0.39 is 0 Å². The molecule has 3 rings (SSSR count). The van der Waals surface area contributed by atoms with Crippen molar-refractivity contribution < 1.29 is 9.84 Å². The van der Waals surface area contributed by atoms with Crippen LogP contribution in [0.3, 0.4) is 0 Å². The Hall–Kier alpha value is -2.00. The molecule has 4 heteroatoms. The number of ether oxygens (including phenoxy) is 1. The summed E-state index contributed by atoms with van der Waals surface area (Å²) in [6, 6.07) is 9.45. The predicted molar refractivity (Wildman–Crippen MR) is 102 cm³/mol. The van der Waals surface area contributed by atoms with Crippen molar-refractivity contribution in [2.24, 2.45) is 5.92 Å². The van der Waals surface area contributed by atoms with Gasteiger partial charge in [0.05, 0.1) is 17.8 Å². The molecule has 0 radical (unpaired) electrons. The molecule has 3 nitrogen and oxygen atoms in total. The molecule has 0 saturated heterocycles. The number of rotatable bonds is 5. The Balaban J connectivity index is 2.09. The van der Waals surface area contributed by atoms with Crippen LogP contribution in [0.25, 0.3) is 5.57 Å². The molecule has 0 bridgehead atoms. The van der Waals surface area contributed by atoms with Crippen molar-refractivity contribution in [2.45, 2.75) is 39.0 Å². The lowest BCUT2D eigenvalue weighted by molar-refractivity contribution is 0.392. The summed E-state index contributed by atoms with van der Waals surface area (Å²) in [4.78, 5) is 4.74. The van der Waals surface area contributed by atoms with E-state index in [0.717, 1.165) is 28.8 Å². The number of hydrogen-bond donors (Lipinski definition) is 1. The number of allylic oxidation sites excluding steroid dienone is 1. The van der Waals surface area contributed by atoms with Crippen LogP contribution in [-0.4, -0.2) is 17.2 Å². The average molecular weight is 358 g/mol. The van der Waals surface area contributed by atoms with E-state index in [9.17, 15) is 5.11 Å². The van der Waals surface area contributed by atoms with Crippen LogP contribution >= 0.6 is 11.6 Å². The SMILES string of the molecule is CCc1ccc(C(=CC2CCCC2)c2ccc(O)c(Cl)c2)nc1OC. The Labute approximate surface area is 154 Å². The maximum atomic E-state index is 9.74. The fourth-order valence-electron chi connectivity index (χ4n) is 3.43. The Bertz CT molecular complexity index is 779. The summed E-state index contributed by atoms with van der Waals surface area (Å²) in [5, 5.41) is 10.1. The van der Waals surface area contributed by atoms with Gasteiger partial charge in [0.15, 0.2) is 0 Å². The number of halogens is 1. The summed E-state index contributed by atoms with van der Waals surface area (Å²) in [6.45, 7) is 2.09. The standard InChI is InChI=1S/C21H24ClNO2/c1-3-15-8-10-19(23-21(15)25-2)17(12-14-6-4-5-7-14)16-9-11-20(24)18(22)13-16/h8-14,24H,3-7H2,1-2H3. The fourth-order valence-corrected chi connectivity index (χ4v) is 3.61. The van der Waals surface area contributed by atoms with Crippen LogP contribution in [0.4, 0.5) is 0 Å². The molecule has 1 N–H and O–H groups in total. The fraction of sp³-hybridized carbons (Fsp3) is 0.381. The van der Waals surface area contributed by atoms with Crippen LogP contribution in [-0.2, 0) is 6.42 Å². The molecule has 2 aromatic rings. The molecule has 1 fully saturated rings. The molecule has 0 amide bonds. The largest absolute Gasteiger partial charge is 0.506 e. The van der Waals surface area contributed by atoms with E-state index in [4.69, 9.17) is 21.3 Å². The second-order valence-corrected chi connectivity index (χ2v) is 6.92. The minimum Gasteiger partial charge on any atom is -0.506 e. The van der Waals surface area contributed by atoms with Gasteiger partial charge >= 0.3 is 0 Å². The van der Waals surface area contributed by atoms with E-state index in [1.165, 1.54) is 25.7 Å². The highest BCUT2D eigenvalue weighted by Crippen LogP contribution is 2.35. The molecule has 0 unspecified atom stereocenters. The smallest absolute Gasteiger partial charge is 0.216 e. The Kier molecular flexibility index (Phi) is 5.64. The third-order valence-electron chi connectivity index (χ3n) is 4.85. The number of phenols is 1. The minimum absolute atomic E-state index is 0.0949. The van der Waals surface area contributed by atoms with Crippen molar-refractivity contribution in [1.29, 1.82) is 0 Å². The Morgan fingerprint density at radius 1 is 1.28 bits per heavy atom. The number of phenolic OH excluding ortho intramolecular Hbond substituents is 1. The first-order valence-electron chi connectivity index (χ1n) is 8.87. The summed E-state index contributed by atoms with van der Waals surface area (Å²) < 4.78 is 5.47. The third kappa shape index (κ3) is 3.98. The van der Waals surface area contributed by atoms with Gasteiger partial charge in [-0.2, -0.15) is 0 Å². The molecular weight excluding hydrogens is 334 g/mol. The van der Waals surface area contributed by atoms with Crippen molar-refractivity contribution in [2.75, 3.05) is 7.11 Å². The molecule has 0 atom stereocenters. The summed E-state index contributed by atoms with van der Waals surface area (Å²) in [6.07, 6.45) is 8.15. The van der Waals surface area contributed by atoms with Gasteiger partial charge in [-0.3, -0.25) is 0 Å². The Morgan fingerprint density at radius 2 is 2.04 bits per heavy atom. The first-order chi connectivity index (χ1) is 12.1. The summed E-state index contributed by atoms with van der Waals surface area (Å²) in [5.74, 6) is 1.32. The lowest BCUT2D eigenvalue weighted by atomic mass is 9.95. The van der Waals surface area contributed by atoms with Crippen molar-refractivity contribution in [3.05, 3.63) is 58.3 Å². The molecule has 1 saturated carbocycles. The monoisotopic (exact) mass is 357 g/mol. The molecule has 132 valence electrons. The van der Waals surface area contributed by atoms with Gasteiger partial charge < -0.3 is 9.84 Å². The molecular formula is C21H24ClNO2. The summed E-state index contributed by atoms with van der Waals surface area (Å²) in [5.41, 5.74) is 3.99. The van der Waals surface area contributed by atoms with Crippen LogP contribution in [0.1, 0.15) is 49.4 Å². The van der Waals surface area contributed by atoms with Crippen LogP contribution < -0.4 is 4.74 Å². The molecule has 1 aliphatic carbocycles. The Morgan fingerprint density at radius 3 is 2.68 bits per heavy atom. The van der Waals surface area contributed by atoms with E-state index in [1.54, 1.807) is 19.2 Å². The number of aromatic nitrogens is 1. The van der Waals surface area contributed by atoms with Crippen LogP contribution in [0, 0.1) is 5.92 Å². The topological polar surface area (TPSA) is 42.4 Å². The zero-order valence-electron chi connectivity index (χ0n) is 14.8. The summed E-state index contributed by atoms with van der Waals surface area (Å²) >= 11 is 6.15. The number of benzene rings is 1. The number of nitrogens with zero attached hydrogens (tertiary/aromatic N) is 1. The second kappa shape index (κ2) is 7.92. The van der Waals surface area contributed by atoms with Crippen LogP contribution in [0.2, 0.25) is 5.02 Å². The lowest BCUT2D eigenvalue weighted by Crippen LogP contribution is -2.00. The zero-order valence-corrected chi connectivity index (χ0v) is 15.5. The molecule has 1 aromatic heterocycles. The van der Waals surface area contributed by atoms with E-state index in [-0.39, 0.29) is 5.75 Å².